The maximum Gasteiger partial charge on any atom is 0.225 e. The van der Waals surface area contributed by atoms with Crippen LogP contribution in [0.1, 0.15) is 47.5 Å². The summed E-state index contributed by atoms with van der Waals surface area (Å²) in [5.41, 5.74) is -0.504. The Kier molecular flexibility index (Phi) is 2.57. The number of carbonyl (C=O) groups is 1. The Balaban J connectivity index is 2.32. The van der Waals surface area contributed by atoms with Gasteiger partial charge in [-0.1, -0.05) is 27.7 Å². The van der Waals surface area contributed by atoms with Gasteiger partial charge in [-0.25, -0.2) is 0 Å². The Morgan fingerprint density at radius 1 is 1.25 bits per heavy atom. The molecule has 2 fully saturated rings. The molecule has 0 aromatic rings. The lowest BCUT2D eigenvalue weighted by molar-refractivity contribution is -0.157. The number of rotatable bonds is 2. The molecule has 0 aliphatic carbocycles. The van der Waals surface area contributed by atoms with Crippen LogP contribution < -0.4 is 0 Å². The van der Waals surface area contributed by atoms with Gasteiger partial charge in [-0.2, -0.15) is 0 Å². The van der Waals surface area contributed by atoms with Gasteiger partial charge in [-0.15, -0.1) is 0 Å². The summed E-state index contributed by atoms with van der Waals surface area (Å²) in [6.45, 7) is 11.6. The van der Waals surface area contributed by atoms with Crippen LogP contribution in [0.25, 0.3) is 0 Å². The van der Waals surface area contributed by atoms with Crippen LogP contribution in [0.4, 0.5) is 0 Å². The van der Waals surface area contributed by atoms with Gasteiger partial charge in [-0.3, -0.25) is 4.79 Å². The van der Waals surface area contributed by atoms with Crippen molar-refractivity contribution in [3.05, 3.63) is 0 Å². The molecule has 2 aliphatic rings. The molecule has 0 saturated carbocycles. The van der Waals surface area contributed by atoms with Crippen LogP contribution in [0, 0.1) is 11.8 Å². The molecule has 2 rings (SSSR count). The summed E-state index contributed by atoms with van der Waals surface area (Å²) in [5.74, 6) is 1.12. The van der Waals surface area contributed by atoms with Crippen LogP contribution in [-0.2, 0) is 9.53 Å². The topological polar surface area (TPSA) is 29.5 Å². The second-order valence-corrected chi connectivity index (χ2v) is 6.02. The van der Waals surface area contributed by atoms with E-state index in [9.17, 15) is 4.79 Å². The van der Waals surface area contributed by atoms with E-state index in [1.165, 1.54) is 0 Å². The van der Waals surface area contributed by atoms with E-state index in [1.54, 1.807) is 0 Å². The van der Waals surface area contributed by atoms with Crippen LogP contribution >= 0.6 is 0 Å². The molecule has 2 aliphatic heterocycles. The van der Waals surface area contributed by atoms with Crippen molar-refractivity contribution in [2.24, 2.45) is 11.8 Å². The Hall–Kier alpha value is -0.570. The largest absolute Gasteiger partial charge is 0.347 e. The summed E-state index contributed by atoms with van der Waals surface area (Å²) in [4.78, 5) is 13.8. The Morgan fingerprint density at radius 2 is 1.81 bits per heavy atom. The van der Waals surface area contributed by atoms with E-state index in [-0.39, 0.29) is 17.2 Å². The minimum atomic E-state index is -0.342. The maximum atomic E-state index is 11.8. The molecule has 0 spiro atoms. The van der Waals surface area contributed by atoms with Crippen LogP contribution in [0.2, 0.25) is 0 Å². The summed E-state index contributed by atoms with van der Waals surface area (Å²) in [5, 5.41) is 0. The van der Waals surface area contributed by atoms with E-state index in [1.807, 2.05) is 4.90 Å². The third kappa shape index (κ3) is 1.41. The summed E-state index contributed by atoms with van der Waals surface area (Å²) in [6.07, 6.45) is 1.48. The Bertz CT molecular complexity index is 303. The smallest absolute Gasteiger partial charge is 0.225 e. The van der Waals surface area contributed by atoms with Crippen LogP contribution in [0.3, 0.4) is 0 Å². The first-order valence-corrected chi connectivity index (χ1v) is 6.32. The lowest BCUT2D eigenvalue weighted by Crippen LogP contribution is -2.45. The summed E-state index contributed by atoms with van der Waals surface area (Å²) >= 11 is 0. The lowest BCUT2D eigenvalue weighted by atomic mass is 9.80. The van der Waals surface area contributed by atoms with E-state index < -0.39 is 0 Å². The zero-order valence-electron chi connectivity index (χ0n) is 11.0. The molecule has 3 nitrogen and oxygen atoms in total. The predicted molar refractivity (Wildman–Crippen MR) is 62.8 cm³/mol. The quantitative estimate of drug-likeness (QED) is 0.722. The highest BCUT2D eigenvalue weighted by Gasteiger charge is 2.58. The standard InChI is InChI=1S/C13H23NO2/c1-9(2)13(10(3)4)8-14-11(15)6-7-12(14,5)16-13/h9-10H,6-8H2,1-5H3. The normalized spacial score (nSPS) is 32.9. The van der Waals surface area contributed by atoms with Gasteiger partial charge in [0.15, 0.2) is 0 Å². The van der Waals surface area contributed by atoms with E-state index >= 15 is 0 Å². The molecule has 0 N–H and O–H groups in total. The van der Waals surface area contributed by atoms with Crippen molar-refractivity contribution in [2.75, 3.05) is 6.54 Å². The number of amides is 1. The number of carbonyl (C=O) groups excluding carboxylic acids is 1. The van der Waals surface area contributed by atoms with Gasteiger partial charge in [0.2, 0.25) is 5.91 Å². The fourth-order valence-corrected chi connectivity index (χ4v) is 3.19. The molecule has 1 amide bonds. The summed E-state index contributed by atoms with van der Waals surface area (Å²) < 4.78 is 6.36. The van der Waals surface area contributed by atoms with Gasteiger partial charge in [0.1, 0.15) is 5.72 Å². The SMILES string of the molecule is CC(C)C1(C(C)C)CN2C(=O)CCC2(C)O1. The van der Waals surface area contributed by atoms with Crippen molar-refractivity contribution in [3.8, 4) is 0 Å². The Morgan fingerprint density at radius 3 is 2.25 bits per heavy atom. The molecule has 0 bridgehead atoms. The number of nitrogens with zero attached hydrogens (tertiary/aromatic N) is 1. The zero-order chi connectivity index (χ0) is 12.1. The highest BCUT2D eigenvalue weighted by molar-refractivity contribution is 5.79. The van der Waals surface area contributed by atoms with Crippen molar-refractivity contribution in [3.63, 3.8) is 0 Å². The molecule has 1 unspecified atom stereocenters. The molecular weight excluding hydrogens is 202 g/mol. The number of ether oxygens (including phenoxy) is 1. The molecule has 2 saturated heterocycles. The van der Waals surface area contributed by atoms with Crippen LogP contribution in [-0.4, -0.2) is 28.7 Å². The third-order valence-corrected chi connectivity index (χ3v) is 4.44. The molecule has 2 heterocycles. The van der Waals surface area contributed by atoms with E-state index in [2.05, 4.69) is 34.6 Å². The van der Waals surface area contributed by atoms with Gasteiger partial charge in [0.25, 0.3) is 0 Å². The third-order valence-electron chi connectivity index (χ3n) is 4.44. The second-order valence-electron chi connectivity index (χ2n) is 6.02. The van der Waals surface area contributed by atoms with Gasteiger partial charge in [-0.05, 0) is 18.8 Å². The molecule has 92 valence electrons. The highest BCUT2D eigenvalue weighted by atomic mass is 16.6. The van der Waals surface area contributed by atoms with Crippen molar-refractivity contribution in [1.82, 2.24) is 4.90 Å². The van der Waals surface area contributed by atoms with Crippen molar-refractivity contribution in [1.29, 1.82) is 0 Å². The van der Waals surface area contributed by atoms with Crippen LogP contribution in [0.5, 0.6) is 0 Å². The molecule has 0 aromatic carbocycles. The predicted octanol–water partition coefficient (Wildman–Crippen LogP) is 2.41. The Labute approximate surface area is 98.1 Å². The first kappa shape index (κ1) is 11.9. The van der Waals surface area contributed by atoms with Crippen molar-refractivity contribution < 1.29 is 9.53 Å². The minimum Gasteiger partial charge on any atom is -0.347 e. The molecular formula is C13H23NO2. The number of fused-ring (bicyclic) bond motifs is 1. The fourth-order valence-electron chi connectivity index (χ4n) is 3.19. The monoisotopic (exact) mass is 225 g/mol. The summed E-state index contributed by atoms with van der Waals surface area (Å²) in [6, 6.07) is 0. The molecule has 0 aromatic heterocycles. The highest BCUT2D eigenvalue weighted by Crippen LogP contribution is 2.48. The van der Waals surface area contributed by atoms with Gasteiger partial charge < -0.3 is 9.64 Å². The summed E-state index contributed by atoms with van der Waals surface area (Å²) in [7, 11) is 0. The minimum absolute atomic E-state index is 0.162. The first-order chi connectivity index (χ1) is 7.32. The molecule has 0 radical (unpaired) electrons. The van der Waals surface area contributed by atoms with Gasteiger partial charge in [0.05, 0.1) is 12.1 Å². The fraction of sp³-hybridized carbons (Fsp3) is 0.923. The first-order valence-electron chi connectivity index (χ1n) is 6.32. The second kappa shape index (κ2) is 3.46. The van der Waals surface area contributed by atoms with E-state index in [4.69, 9.17) is 4.74 Å². The maximum absolute atomic E-state index is 11.8. The molecule has 1 atom stereocenters. The van der Waals surface area contributed by atoms with Crippen molar-refractivity contribution in [2.45, 2.75) is 58.8 Å². The van der Waals surface area contributed by atoms with Gasteiger partial charge in [0, 0.05) is 12.8 Å². The van der Waals surface area contributed by atoms with Crippen LogP contribution in [0.15, 0.2) is 0 Å². The van der Waals surface area contributed by atoms with E-state index in [0.29, 0.717) is 18.3 Å². The zero-order valence-corrected chi connectivity index (χ0v) is 11.0. The number of hydrogen-bond donors (Lipinski definition) is 0. The number of hydrogen-bond acceptors (Lipinski definition) is 2. The van der Waals surface area contributed by atoms with Gasteiger partial charge >= 0.3 is 0 Å². The van der Waals surface area contributed by atoms with E-state index in [0.717, 1.165) is 13.0 Å². The average Bonchev–Trinajstić information content (AvgIpc) is 2.62. The average molecular weight is 225 g/mol. The lowest BCUT2D eigenvalue weighted by Gasteiger charge is -2.37. The van der Waals surface area contributed by atoms with Crippen molar-refractivity contribution >= 4 is 5.91 Å². The molecule has 16 heavy (non-hydrogen) atoms. The molecule has 3 heteroatoms.